The van der Waals surface area contributed by atoms with E-state index in [2.05, 4.69) is 0 Å². The molecule has 16 heavy (non-hydrogen) atoms. The van der Waals surface area contributed by atoms with Crippen LogP contribution in [0.15, 0.2) is 0 Å². The van der Waals surface area contributed by atoms with Crippen LogP contribution in [0.3, 0.4) is 0 Å². The minimum atomic E-state index is -3.03. The third kappa shape index (κ3) is 4.20. The predicted molar refractivity (Wildman–Crippen MR) is 69.3 cm³/mol. The second kappa shape index (κ2) is 5.67. The first-order chi connectivity index (χ1) is 6.73. The second-order valence-electron chi connectivity index (χ2n) is 5.35. The van der Waals surface area contributed by atoms with Crippen molar-refractivity contribution in [3.63, 3.8) is 0 Å². The van der Waals surface area contributed by atoms with Crippen molar-refractivity contribution in [2.45, 2.75) is 39.7 Å². The van der Waals surface area contributed by atoms with E-state index in [9.17, 15) is 8.42 Å². The van der Waals surface area contributed by atoms with Crippen molar-refractivity contribution in [1.82, 2.24) is 4.31 Å². The summed E-state index contributed by atoms with van der Waals surface area (Å²) in [4.78, 5) is 0. The molecule has 0 saturated carbocycles. The Morgan fingerprint density at radius 2 is 1.88 bits per heavy atom. The number of rotatable bonds is 2. The van der Waals surface area contributed by atoms with E-state index in [-0.39, 0.29) is 29.6 Å². The smallest absolute Gasteiger partial charge is 0.214 e. The first-order valence-corrected chi connectivity index (χ1v) is 7.08. The normalized spacial score (nSPS) is 23.5. The Morgan fingerprint density at radius 3 is 2.31 bits per heavy atom. The minimum Gasteiger partial charge on any atom is -0.326 e. The summed E-state index contributed by atoms with van der Waals surface area (Å²) >= 11 is 0. The van der Waals surface area contributed by atoms with Crippen LogP contribution in [0, 0.1) is 5.41 Å². The zero-order valence-corrected chi connectivity index (χ0v) is 11.9. The lowest BCUT2D eigenvalue weighted by Crippen LogP contribution is -2.49. The van der Waals surface area contributed by atoms with Crippen LogP contribution in [0.5, 0.6) is 0 Å². The maximum Gasteiger partial charge on any atom is 0.214 e. The highest BCUT2D eigenvalue weighted by atomic mass is 35.5. The van der Waals surface area contributed by atoms with E-state index in [1.54, 1.807) is 4.31 Å². The van der Waals surface area contributed by atoms with Crippen molar-refractivity contribution < 1.29 is 8.42 Å². The first-order valence-electron chi connectivity index (χ1n) is 5.47. The Hall–Kier alpha value is 0.160. The van der Waals surface area contributed by atoms with Gasteiger partial charge in [-0.05, 0) is 18.3 Å². The molecular formula is C10H23ClN2O2S. The largest absolute Gasteiger partial charge is 0.326 e. The average molecular weight is 271 g/mol. The summed E-state index contributed by atoms with van der Waals surface area (Å²) in [6, 6.07) is -0.106. The Morgan fingerprint density at radius 1 is 1.31 bits per heavy atom. The quantitative estimate of drug-likeness (QED) is 0.820. The van der Waals surface area contributed by atoms with Gasteiger partial charge in [-0.2, -0.15) is 0 Å². The van der Waals surface area contributed by atoms with E-state index in [1.807, 2.05) is 20.8 Å². The molecule has 1 rings (SSSR count). The highest BCUT2D eigenvalue weighted by Gasteiger charge is 2.30. The highest BCUT2D eigenvalue weighted by Crippen LogP contribution is 2.21. The molecule has 0 aliphatic carbocycles. The minimum absolute atomic E-state index is 0. The van der Waals surface area contributed by atoms with Gasteiger partial charge in [0.1, 0.15) is 0 Å². The molecule has 2 N–H and O–H groups in total. The number of nitrogens with zero attached hydrogens (tertiary/aromatic N) is 1. The van der Waals surface area contributed by atoms with Gasteiger partial charge in [-0.3, -0.25) is 0 Å². The zero-order chi connectivity index (χ0) is 11.7. The van der Waals surface area contributed by atoms with Gasteiger partial charge in [-0.25, -0.2) is 12.7 Å². The Balaban J connectivity index is 0.00000225. The lowest BCUT2D eigenvalue weighted by atomic mass is 9.87. The fourth-order valence-corrected chi connectivity index (χ4v) is 3.16. The summed E-state index contributed by atoms with van der Waals surface area (Å²) in [7, 11) is -3.03. The maximum absolute atomic E-state index is 11.7. The lowest BCUT2D eigenvalue weighted by Gasteiger charge is -2.34. The molecule has 0 spiro atoms. The van der Waals surface area contributed by atoms with E-state index < -0.39 is 10.0 Å². The lowest BCUT2D eigenvalue weighted by molar-refractivity contribution is 0.258. The molecule has 1 fully saturated rings. The summed E-state index contributed by atoms with van der Waals surface area (Å²) in [5.41, 5.74) is 5.95. The molecule has 0 radical (unpaired) electrons. The monoisotopic (exact) mass is 270 g/mol. The number of nitrogens with two attached hydrogens (primary N) is 1. The molecule has 0 bridgehead atoms. The van der Waals surface area contributed by atoms with Crippen molar-refractivity contribution in [2.75, 3.05) is 18.8 Å². The SMILES string of the molecule is CC(C)(C)[C@H](N)CN1CCCCS1(=O)=O.Cl. The summed E-state index contributed by atoms with van der Waals surface area (Å²) in [5.74, 6) is 0.282. The van der Waals surface area contributed by atoms with Crippen LogP contribution in [0.4, 0.5) is 0 Å². The number of halogens is 1. The van der Waals surface area contributed by atoms with E-state index in [1.165, 1.54) is 0 Å². The molecule has 1 saturated heterocycles. The van der Waals surface area contributed by atoms with Crippen molar-refractivity contribution >= 4 is 22.4 Å². The third-order valence-electron chi connectivity index (χ3n) is 2.97. The Labute approximate surface area is 105 Å². The van der Waals surface area contributed by atoms with E-state index in [4.69, 9.17) is 5.73 Å². The molecule has 0 aromatic heterocycles. The number of hydrogen-bond donors (Lipinski definition) is 1. The van der Waals surface area contributed by atoms with Crippen molar-refractivity contribution in [2.24, 2.45) is 11.1 Å². The van der Waals surface area contributed by atoms with Crippen molar-refractivity contribution in [3.8, 4) is 0 Å². The van der Waals surface area contributed by atoms with Gasteiger partial charge in [0.25, 0.3) is 0 Å². The summed E-state index contributed by atoms with van der Waals surface area (Å²) < 4.78 is 25.0. The van der Waals surface area contributed by atoms with Gasteiger partial charge in [0.15, 0.2) is 0 Å². The fraction of sp³-hybridized carbons (Fsp3) is 1.00. The van der Waals surface area contributed by atoms with Gasteiger partial charge in [-0.1, -0.05) is 20.8 Å². The number of sulfonamides is 1. The van der Waals surface area contributed by atoms with Gasteiger partial charge < -0.3 is 5.73 Å². The van der Waals surface area contributed by atoms with Crippen LogP contribution in [0.25, 0.3) is 0 Å². The summed E-state index contributed by atoms with van der Waals surface area (Å²) in [6.07, 6.45) is 1.74. The van der Waals surface area contributed by atoms with E-state index in [0.717, 1.165) is 12.8 Å². The molecule has 1 atom stereocenters. The molecule has 1 aliphatic rings. The molecule has 1 aliphatic heterocycles. The standard InChI is InChI=1S/C10H22N2O2S.ClH/c1-10(2,3)9(11)8-12-6-4-5-7-15(12,13)14;/h9H,4-8,11H2,1-3H3;1H/t9-;/m1./s1. The van der Waals surface area contributed by atoms with Crippen LogP contribution in [-0.4, -0.2) is 37.6 Å². The number of hydrogen-bond acceptors (Lipinski definition) is 3. The predicted octanol–water partition coefficient (Wildman–Crippen LogP) is 1.21. The van der Waals surface area contributed by atoms with Gasteiger partial charge in [0.05, 0.1) is 5.75 Å². The van der Waals surface area contributed by atoms with Crippen LogP contribution in [0.1, 0.15) is 33.6 Å². The molecular weight excluding hydrogens is 248 g/mol. The average Bonchev–Trinajstić information content (AvgIpc) is 2.06. The van der Waals surface area contributed by atoms with Gasteiger partial charge in [-0.15, -0.1) is 12.4 Å². The van der Waals surface area contributed by atoms with E-state index >= 15 is 0 Å². The highest BCUT2D eigenvalue weighted by molar-refractivity contribution is 7.89. The molecule has 98 valence electrons. The van der Waals surface area contributed by atoms with Crippen LogP contribution in [0.2, 0.25) is 0 Å². The second-order valence-corrected chi connectivity index (χ2v) is 7.44. The molecule has 1 heterocycles. The van der Waals surface area contributed by atoms with Crippen molar-refractivity contribution in [3.05, 3.63) is 0 Å². The van der Waals surface area contributed by atoms with Gasteiger partial charge in [0, 0.05) is 19.1 Å². The van der Waals surface area contributed by atoms with Crippen LogP contribution in [-0.2, 0) is 10.0 Å². The Bertz CT molecular complexity index is 311. The summed E-state index contributed by atoms with van der Waals surface area (Å²) in [5, 5.41) is 0. The topological polar surface area (TPSA) is 63.4 Å². The first kappa shape index (κ1) is 16.2. The summed E-state index contributed by atoms with van der Waals surface area (Å²) in [6.45, 7) is 7.19. The molecule has 0 aromatic rings. The zero-order valence-electron chi connectivity index (χ0n) is 10.3. The molecule has 4 nitrogen and oxygen atoms in total. The fourth-order valence-electron chi connectivity index (χ4n) is 1.54. The van der Waals surface area contributed by atoms with E-state index in [0.29, 0.717) is 13.1 Å². The maximum atomic E-state index is 11.7. The third-order valence-corrected chi connectivity index (χ3v) is 4.89. The molecule has 0 amide bonds. The molecule has 6 heteroatoms. The molecule has 0 unspecified atom stereocenters. The van der Waals surface area contributed by atoms with Crippen LogP contribution >= 0.6 is 12.4 Å². The van der Waals surface area contributed by atoms with Crippen molar-refractivity contribution in [1.29, 1.82) is 0 Å². The Kier molecular flexibility index (Phi) is 5.72. The van der Waals surface area contributed by atoms with Crippen LogP contribution < -0.4 is 5.73 Å². The molecule has 0 aromatic carbocycles. The van der Waals surface area contributed by atoms with Gasteiger partial charge >= 0.3 is 0 Å². The van der Waals surface area contributed by atoms with Gasteiger partial charge in [0.2, 0.25) is 10.0 Å².